The zero-order valence-corrected chi connectivity index (χ0v) is 8.58. The maximum Gasteiger partial charge on any atom is 0.126 e. The standard InChI is InChI=1S/C11H18N2/c1-3-4-10-6-5-9(2)13-8-7-12-11(10)13/h6,9H,3-5,7-8H2,1-2H3. The van der Waals surface area contributed by atoms with Crippen molar-refractivity contribution in [1.82, 2.24) is 4.90 Å². The Bertz CT molecular complexity index is 253. The summed E-state index contributed by atoms with van der Waals surface area (Å²) in [5, 5.41) is 0. The lowest BCUT2D eigenvalue weighted by molar-refractivity contribution is 0.350. The van der Waals surface area contributed by atoms with E-state index in [1.165, 1.54) is 30.7 Å². The number of nitrogens with zero attached hydrogens (tertiary/aromatic N) is 2. The molecule has 0 N–H and O–H groups in total. The minimum Gasteiger partial charge on any atom is -0.352 e. The molecule has 2 nitrogen and oxygen atoms in total. The molecule has 2 heterocycles. The molecule has 13 heavy (non-hydrogen) atoms. The molecule has 2 aliphatic rings. The summed E-state index contributed by atoms with van der Waals surface area (Å²) in [6.07, 6.45) is 6.01. The van der Waals surface area contributed by atoms with Gasteiger partial charge in [-0.1, -0.05) is 19.4 Å². The smallest absolute Gasteiger partial charge is 0.126 e. The largest absolute Gasteiger partial charge is 0.352 e. The van der Waals surface area contributed by atoms with Crippen molar-refractivity contribution in [3.05, 3.63) is 11.6 Å². The Kier molecular flexibility index (Phi) is 2.38. The Labute approximate surface area is 80.3 Å². The third-order valence-electron chi connectivity index (χ3n) is 2.92. The normalized spacial score (nSPS) is 26.9. The van der Waals surface area contributed by atoms with Crippen LogP contribution in [0.15, 0.2) is 16.6 Å². The highest BCUT2D eigenvalue weighted by Gasteiger charge is 2.27. The van der Waals surface area contributed by atoms with Gasteiger partial charge in [0.25, 0.3) is 0 Å². The van der Waals surface area contributed by atoms with Gasteiger partial charge >= 0.3 is 0 Å². The SMILES string of the molecule is CCCC1=CCC(C)N2CCN=C12. The molecule has 1 atom stereocenters. The molecule has 0 saturated carbocycles. The van der Waals surface area contributed by atoms with Crippen LogP contribution in [0.2, 0.25) is 0 Å². The van der Waals surface area contributed by atoms with Crippen LogP contribution in [0, 0.1) is 0 Å². The summed E-state index contributed by atoms with van der Waals surface area (Å²) in [5.74, 6) is 1.29. The predicted octanol–water partition coefficient (Wildman–Crippen LogP) is 2.22. The van der Waals surface area contributed by atoms with E-state index in [0.717, 1.165) is 13.1 Å². The van der Waals surface area contributed by atoms with Crippen LogP contribution < -0.4 is 0 Å². The fourth-order valence-corrected chi connectivity index (χ4v) is 2.19. The first-order chi connectivity index (χ1) is 6.33. The monoisotopic (exact) mass is 178 g/mol. The first-order valence-corrected chi connectivity index (χ1v) is 5.33. The molecule has 0 radical (unpaired) electrons. The third-order valence-corrected chi connectivity index (χ3v) is 2.92. The molecule has 0 aromatic rings. The highest BCUT2D eigenvalue weighted by molar-refractivity contribution is 6.00. The van der Waals surface area contributed by atoms with Crippen LogP contribution in [0.5, 0.6) is 0 Å². The number of fused-ring (bicyclic) bond motifs is 1. The van der Waals surface area contributed by atoms with E-state index in [9.17, 15) is 0 Å². The number of rotatable bonds is 2. The van der Waals surface area contributed by atoms with E-state index >= 15 is 0 Å². The second-order valence-electron chi connectivity index (χ2n) is 3.96. The molecule has 2 rings (SSSR count). The average Bonchev–Trinajstić information content (AvgIpc) is 2.59. The molecule has 72 valence electrons. The van der Waals surface area contributed by atoms with Gasteiger partial charge in [0, 0.05) is 12.6 Å². The van der Waals surface area contributed by atoms with Gasteiger partial charge in [0.2, 0.25) is 0 Å². The van der Waals surface area contributed by atoms with Gasteiger partial charge in [0.1, 0.15) is 5.84 Å². The van der Waals surface area contributed by atoms with Crippen LogP contribution in [0.1, 0.15) is 33.1 Å². The summed E-state index contributed by atoms with van der Waals surface area (Å²) in [7, 11) is 0. The Balaban J connectivity index is 2.19. The summed E-state index contributed by atoms with van der Waals surface area (Å²) in [6.45, 7) is 6.66. The van der Waals surface area contributed by atoms with Crippen molar-refractivity contribution in [2.45, 2.75) is 39.2 Å². The van der Waals surface area contributed by atoms with Gasteiger partial charge in [-0.15, -0.1) is 0 Å². The van der Waals surface area contributed by atoms with Gasteiger partial charge in [0.15, 0.2) is 0 Å². The van der Waals surface area contributed by atoms with Gasteiger partial charge in [0.05, 0.1) is 6.54 Å². The first kappa shape index (κ1) is 8.79. The summed E-state index contributed by atoms with van der Waals surface area (Å²) in [5.41, 5.74) is 1.48. The quantitative estimate of drug-likeness (QED) is 0.633. The van der Waals surface area contributed by atoms with Crippen LogP contribution in [0.4, 0.5) is 0 Å². The highest BCUT2D eigenvalue weighted by atomic mass is 15.3. The molecule has 0 fully saturated rings. The maximum absolute atomic E-state index is 4.58. The molecule has 0 aromatic carbocycles. The minimum atomic E-state index is 0.668. The molecular weight excluding hydrogens is 160 g/mol. The third kappa shape index (κ3) is 1.50. The van der Waals surface area contributed by atoms with Crippen LogP contribution in [-0.4, -0.2) is 29.9 Å². The van der Waals surface area contributed by atoms with Crippen LogP contribution in [-0.2, 0) is 0 Å². The van der Waals surface area contributed by atoms with Crippen LogP contribution in [0.25, 0.3) is 0 Å². The summed E-state index contributed by atoms with van der Waals surface area (Å²) in [4.78, 5) is 7.05. The molecule has 0 aromatic heterocycles. The number of amidine groups is 1. The van der Waals surface area contributed by atoms with E-state index in [2.05, 4.69) is 29.8 Å². The van der Waals surface area contributed by atoms with E-state index < -0.39 is 0 Å². The van der Waals surface area contributed by atoms with E-state index in [0.29, 0.717) is 6.04 Å². The number of aliphatic imine (C=N–C) groups is 1. The lowest BCUT2D eigenvalue weighted by atomic mass is 10.00. The fraction of sp³-hybridized carbons (Fsp3) is 0.727. The van der Waals surface area contributed by atoms with Gasteiger partial charge in [-0.2, -0.15) is 0 Å². The summed E-state index contributed by atoms with van der Waals surface area (Å²) in [6, 6.07) is 0.668. The minimum absolute atomic E-state index is 0.668. The van der Waals surface area contributed by atoms with E-state index in [4.69, 9.17) is 0 Å². The molecular formula is C11H18N2. The summed E-state index contributed by atoms with van der Waals surface area (Å²) < 4.78 is 0. The fourth-order valence-electron chi connectivity index (χ4n) is 2.19. The van der Waals surface area contributed by atoms with E-state index in [1.54, 1.807) is 0 Å². The molecule has 0 amide bonds. The van der Waals surface area contributed by atoms with Crippen LogP contribution >= 0.6 is 0 Å². The molecule has 1 unspecified atom stereocenters. The lowest BCUT2D eigenvalue weighted by Crippen LogP contribution is -2.39. The van der Waals surface area contributed by atoms with Crippen molar-refractivity contribution >= 4 is 5.84 Å². The molecule has 0 aliphatic carbocycles. The molecule has 2 heteroatoms. The number of hydrogen-bond acceptors (Lipinski definition) is 2. The average molecular weight is 178 g/mol. The van der Waals surface area contributed by atoms with E-state index in [-0.39, 0.29) is 0 Å². The topological polar surface area (TPSA) is 15.6 Å². The Morgan fingerprint density at radius 1 is 1.62 bits per heavy atom. The van der Waals surface area contributed by atoms with E-state index in [1.807, 2.05) is 0 Å². The Hall–Kier alpha value is -0.790. The van der Waals surface area contributed by atoms with Gasteiger partial charge < -0.3 is 4.90 Å². The van der Waals surface area contributed by atoms with Crippen molar-refractivity contribution in [1.29, 1.82) is 0 Å². The molecule has 0 saturated heterocycles. The zero-order valence-electron chi connectivity index (χ0n) is 8.58. The maximum atomic E-state index is 4.58. The lowest BCUT2D eigenvalue weighted by Gasteiger charge is -2.32. The van der Waals surface area contributed by atoms with Crippen molar-refractivity contribution in [2.24, 2.45) is 4.99 Å². The molecule has 2 aliphatic heterocycles. The van der Waals surface area contributed by atoms with Crippen LogP contribution in [0.3, 0.4) is 0 Å². The van der Waals surface area contributed by atoms with Crippen molar-refractivity contribution in [3.63, 3.8) is 0 Å². The zero-order chi connectivity index (χ0) is 9.26. The molecule has 0 bridgehead atoms. The van der Waals surface area contributed by atoms with Gasteiger partial charge in [-0.3, -0.25) is 4.99 Å². The molecule has 0 spiro atoms. The van der Waals surface area contributed by atoms with Crippen molar-refractivity contribution < 1.29 is 0 Å². The second kappa shape index (κ2) is 3.52. The summed E-state index contributed by atoms with van der Waals surface area (Å²) >= 11 is 0. The Morgan fingerprint density at radius 2 is 2.46 bits per heavy atom. The number of hydrogen-bond donors (Lipinski definition) is 0. The van der Waals surface area contributed by atoms with Gasteiger partial charge in [-0.05, 0) is 25.3 Å². The van der Waals surface area contributed by atoms with Crippen molar-refractivity contribution in [2.75, 3.05) is 13.1 Å². The Morgan fingerprint density at radius 3 is 3.23 bits per heavy atom. The second-order valence-corrected chi connectivity index (χ2v) is 3.96. The predicted molar refractivity (Wildman–Crippen MR) is 56.1 cm³/mol. The van der Waals surface area contributed by atoms with Gasteiger partial charge in [-0.25, -0.2) is 0 Å². The first-order valence-electron chi connectivity index (χ1n) is 5.33. The van der Waals surface area contributed by atoms with Crippen molar-refractivity contribution in [3.8, 4) is 0 Å². The highest BCUT2D eigenvalue weighted by Crippen LogP contribution is 2.24.